The van der Waals surface area contributed by atoms with Gasteiger partial charge in [0, 0.05) is 0 Å². The number of hydrogen-bond acceptors (Lipinski definition) is 5. The van der Waals surface area contributed by atoms with Crippen molar-refractivity contribution < 1.29 is 22.7 Å². The van der Waals surface area contributed by atoms with E-state index in [0.717, 1.165) is 4.31 Å². The summed E-state index contributed by atoms with van der Waals surface area (Å²) < 4.78 is 38.3. The largest absolute Gasteiger partial charge is 0.492 e. The highest BCUT2D eigenvalue weighted by Gasteiger charge is 2.30. The summed E-state index contributed by atoms with van der Waals surface area (Å²) in [5.41, 5.74) is 0.219. The van der Waals surface area contributed by atoms with Gasteiger partial charge in [-0.2, -0.15) is 0 Å². The first-order valence-corrected chi connectivity index (χ1v) is 10.8. The van der Waals surface area contributed by atoms with Crippen molar-refractivity contribution in [3.8, 4) is 5.75 Å². The predicted molar refractivity (Wildman–Crippen MR) is 110 cm³/mol. The number of para-hydroxylation sites is 2. The van der Waals surface area contributed by atoms with Crippen molar-refractivity contribution in [3.05, 3.63) is 52.5 Å². The van der Waals surface area contributed by atoms with Gasteiger partial charge >= 0.3 is 5.97 Å². The summed E-state index contributed by atoms with van der Waals surface area (Å²) in [6.07, 6.45) is -0.385. The van der Waals surface area contributed by atoms with Gasteiger partial charge in [-0.3, -0.25) is 9.10 Å². The Morgan fingerprint density at radius 2 is 1.79 bits per heavy atom. The molecule has 152 valence electrons. The van der Waals surface area contributed by atoms with Crippen LogP contribution >= 0.6 is 23.2 Å². The number of carbonyl (C=O) groups is 1. The quantitative estimate of drug-likeness (QED) is 0.557. The Morgan fingerprint density at radius 1 is 1.11 bits per heavy atom. The number of ether oxygens (including phenoxy) is 2. The smallest absolute Gasteiger partial charge is 0.327 e. The summed E-state index contributed by atoms with van der Waals surface area (Å²) in [5.74, 6) is -0.365. The lowest BCUT2D eigenvalue weighted by Gasteiger charge is -2.26. The first-order valence-electron chi connectivity index (χ1n) is 8.56. The van der Waals surface area contributed by atoms with E-state index in [1.165, 1.54) is 18.2 Å². The minimum Gasteiger partial charge on any atom is -0.492 e. The fourth-order valence-corrected chi connectivity index (χ4v) is 4.23. The number of rotatable bonds is 8. The maximum absolute atomic E-state index is 13.3. The lowest BCUT2D eigenvalue weighted by molar-refractivity contribution is -0.145. The number of sulfonamides is 1. The number of halogens is 2. The normalized spacial score (nSPS) is 11.4. The third-order valence-corrected chi connectivity index (χ3v) is 6.05. The molecule has 0 aliphatic heterocycles. The Labute approximate surface area is 175 Å². The molecule has 2 aromatic carbocycles. The molecule has 0 saturated carbocycles. The maximum Gasteiger partial charge on any atom is 0.327 e. The molecule has 0 spiro atoms. The molecule has 2 rings (SSSR count). The molecular weight excluding hydrogens is 425 g/mol. The molecule has 0 saturated heterocycles. The number of nitrogens with zero attached hydrogens (tertiary/aromatic N) is 1. The molecule has 6 nitrogen and oxygen atoms in total. The Hall–Kier alpha value is -1.96. The molecule has 0 radical (unpaired) electrons. The van der Waals surface area contributed by atoms with Crippen LogP contribution in [-0.4, -0.2) is 33.6 Å². The highest BCUT2D eigenvalue weighted by molar-refractivity contribution is 7.92. The summed E-state index contributed by atoms with van der Waals surface area (Å²) in [5, 5.41) is 0.312. The molecule has 0 atom stereocenters. The Balaban J connectivity index is 2.57. The van der Waals surface area contributed by atoms with Crippen LogP contribution in [-0.2, 0) is 19.6 Å². The number of anilines is 1. The minimum absolute atomic E-state index is 0.0885. The number of benzene rings is 2. The van der Waals surface area contributed by atoms with E-state index in [1.54, 1.807) is 45.0 Å². The second-order valence-electron chi connectivity index (χ2n) is 6.03. The topological polar surface area (TPSA) is 72.9 Å². The molecule has 0 fully saturated rings. The van der Waals surface area contributed by atoms with Crippen LogP contribution in [0.5, 0.6) is 5.75 Å². The fourth-order valence-electron chi connectivity index (χ4n) is 2.42. The van der Waals surface area contributed by atoms with Gasteiger partial charge in [0.25, 0.3) is 10.0 Å². The number of carbonyl (C=O) groups excluding carboxylic acids is 1. The summed E-state index contributed by atoms with van der Waals surface area (Å²) in [6, 6.07) is 10.5. The van der Waals surface area contributed by atoms with Crippen molar-refractivity contribution in [2.75, 3.05) is 17.5 Å². The molecule has 0 aliphatic rings. The van der Waals surface area contributed by atoms with Crippen molar-refractivity contribution in [1.29, 1.82) is 0 Å². The minimum atomic E-state index is -4.16. The van der Waals surface area contributed by atoms with E-state index in [4.69, 9.17) is 32.7 Å². The second-order valence-corrected chi connectivity index (χ2v) is 8.70. The molecule has 0 aliphatic carbocycles. The van der Waals surface area contributed by atoms with Crippen molar-refractivity contribution in [1.82, 2.24) is 0 Å². The first kappa shape index (κ1) is 22.3. The van der Waals surface area contributed by atoms with Crippen molar-refractivity contribution in [2.24, 2.45) is 0 Å². The molecule has 0 bridgehead atoms. The van der Waals surface area contributed by atoms with Crippen molar-refractivity contribution in [3.63, 3.8) is 0 Å². The van der Waals surface area contributed by atoms with Gasteiger partial charge in [0.1, 0.15) is 12.3 Å². The lowest BCUT2D eigenvalue weighted by Crippen LogP contribution is -2.37. The van der Waals surface area contributed by atoms with E-state index in [2.05, 4.69) is 0 Å². The first-order chi connectivity index (χ1) is 13.2. The van der Waals surface area contributed by atoms with Crippen LogP contribution in [0.15, 0.2) is 47.4 Å². The van der Waals surface area contributed by atoms with Gasteiger partial charge in [-0.1, -0.05) is 35.3 Å². The van der Waals surface area contributed by atoms with Crippen LogP contribution in [0.3, 0.4) is 0 Å². The maximum atomic E-state index is 13.3. The third kappa shape index (κ3) is 5.31. The zero-order valence-electron chi connectivity index (χ0n) is 15.7. The van der Waals surface area contributed by atoms with E-state index in [9.17, 15) is 13.2 Å². The molecule has 0 amide bonds. The average Bonchev–Trinajstić information content (AvgIpc) is 2.62. The highest BCUT2D eigenvalue weighted by Crippen LogP contribution is 2.34. The van der Waals surface area contributed by atoms with Crippen LogP contribution in [0.25, 0.3) is 0 Å². The van der Waals surface area contributed by atoms with Crippen LogP contribution in [0.2, 0.25) is 10.0 Å². The SMILES string of the molecule is CCOc1ccccc1N(CC(=O)OC(C)C)S(=O)(=O)c1ccc(Cl)c(Cl)c1. The van der Waals surface area contributed by atoms with Crippen LogP contribution in [0.1, 0.15) is 20.8 Å². The zero-order valence-corrected chi connectivity index (χ0v) is 18.0. The standard InChI is InChI=1S/C19H21Cl2NO5S/c1-4-26-18-8-6-5-7-17(18)22(12-19(23)27-13(2)3)28(24,25)14-9-10-15(20)16(21)11-14/h5-11,13H,4,12H2,1-3H3. The summed E-state index contributed by atoms with van der Waals surface area (Å²) in [6.45, 7) is 4.95. The Kier molecular flexibility index (Phi) is 7.57. The average molecular weight is 446 g/mol. The van der Waals surface area contributed by atoms with E-state index in [-0.39, 0.29) is 26.7 Å². The molecule has 9 heteroatoms. The van der Waals surface area contributed by atoms with Gasteiger partial charge in [0.15, 0.2) is 0 Å². The van der Waals surface area contributed by atoms with Crippen molar-refractivity contribution >= 4 is 44.9 Å². The Bertz CT molecular complexity index is 947. The zero-order chi connectivity index (χ0) is 20.9. The highest BCUT2D eigenvalue weighted by atomic mass is 35.5. The molecule has 2 aromatic rings. The molecular formula is C19H21Cl2NO5S. The van der Waals surface area contributed by atoms with Crippen molar-refractivity contribution in [2.45, 2.75) is 31.8 Å². The molecule has 28 heavy (non-hydrogen) atoms. The summed E-state index contributed by atoms with van der Waals surface area (Å²) in [4.78, 5) is 12.2. The second kappa shape index (κ2) is 9.49. The molecule has 0 N–H and O–H groups in total. The van der Waals surface area contributed by atoms with E-state index in [1.807, 2.05) is 0 Å². The van der Waals surface area contributed by atoms with Gasteiger partial charge in [-0.05, 0) is 51.1 Å². The predicted octanol–water partition coefficient (Wildman–Crippen LogP) is 4.54. The number of hydrogen-bond donors (Lipinski definition) is 0. The molecule has 0 unspecified atom stereocenters. The molecule has 0 heterocycles. The molecule has 0 aromatic heterocycles. The Morgan fingerprint density at radius 3 is 2.39 bits per heavy atom. The van der Waals surface area contributed by atoms with Gasteiger partial charge in [-0.15, -0.1) is 0 Å². The summed E-state index contributed by atoms with van der Waals surface area (Å²) >= 11 is 11.9. The monoisotopic (exact) mass is 445 g/mol. The lowest BCUT2D eigenvalue weighted by atomic mass is 10.3. The fraction of sp³-hybridized carbons (Fsp3) is 0.316. The summed E-state index contributed by atoms with van der Waals surface area (Å²) in [7, 11) is -4.16. The van der Waals surface area contributed by atoms with Crippen LogP contribution in [0, 0.1) is 0 Å². The van der Waals surface area contributed by atoms with E-state index < -0.39 is 22.5 Å². The van der Waals surface area contributed by atoms with Gasteiger partial charge in [0.2, 0.25) is 0 Å². The third-order valence-electron chi connectivity index (χ3n) is 3.55. The number of esters is 1. The van der Waals surface area contributed by atoms with Gasteiger partial charge in [0.05, 0.1) is 33.3 Å². The van der Waals surface area contributed by atoms with Crippen LogP contribution in [0.4, 0.5) is 5.69 Å². The van der Waals surface area contributed by atoms with E-state index in [0.29, 0.717) is 12.4 Å². The van der Waals surface area contributed by atoms with Crippen LogP contribution < -0.4 is 9.04 Å². The van der Waals surface area contributed by atoms with Gasteiger partial charge in [-0.25, -0.2) is 8.42 Å². The van der Waals surface area contributed by atoms with Gasteiger partial charge < -0.3 is 9.47 Å². The van der Waals surface area contributed by atoms with E-state index >= 15 is 0 Å².